The minimum absolute atomic E-state index is 0.0769. The standard InChI is InChI=1S/C11H9F3N2O2S/c1-18-8-4-2-3-6(16-8)9(17)7-5-15-10(19-7)11(12,13)14/h2-5,9,17H,1H3. The molecule has 0 saturated heterocycles. The number of hydrogen-bond acceptors (Lipinski definition) is 5. The number of aliphatic hydroxyl groups excluding tert-OH is 1. The van der Waals surface area contributed by atoms with Gasteiger partial charge in [-0.15, -0.1) is 11.3 Å². The molecule has 0 aromatic carbocycles. The smallest absolute Gasteiger partial charge is 0.443 e. The molecule has 0 aliphatic rings. The van der Waals surface area contributed by atoms with E-state index < -0.39 is 17.3 Å². The second kappa shape index (κ2) is 5.14. The SMILES string of the molecule is COc1cccc(C(O)c2cnc(C(F)(F)F)s2)n1. The zero-order valence-corrected chi connectivity index (χ0v) is 10.5. The van der Waals surface area contributed by atoms with Crippen molar-refractivity contribution < 1.29 is 23.0 Å². The third-order valence-electron chi connectivity index (χ3n) is 2.27. The van der Waals surface area contributed by atoms with E-state index in [1.165, 1.54) is 13.2 Å². The van der Waals surface area contributed by atoms with Crippen molar-refractivity contribution in [2.45, 2.75) is 12.3 Å². The van der Waals surface area contributed by atoms with Crippen LogP contribution >= 0.6 is 11.3 Å². The van der Waals surface area contributed by atoms with Crippen LogP contribution in [-0.4, -0.2) is 22.2 Å². The van der Waals surface area contributed by atoms with Gasteiger partial charge in [0.15, 0.2) is 5.01 Å². The molecule has 1 N–H and O–H groups in total. The summed E-state index contributed by atoms with van der Waals surface area (Å²) in [4.78, 5) is 7.29. The lowest BCUT2D eigenvalue weighted by Crippen LogP contribution is -2.03. The van der Waals surface area contributed by atoms with Gasteiger partial charge in [0.05, 0.1) is 17.7 Å². The average molecular weight is 290 g/mol. The lowest BCUT2D eigenvalue weighted by atomic mass is 10.2. The molecular weight excluding hydrogens is 281 g/mol. The first-order valence-corrected chi connectivity index (χ1v) is 5.95. The van der Waals surface area contributed by atoms with Gasteiger partial charge in [0.1, 0.15) is 6.10 Å². The molecule has 2 aromatic heterocycles. The Balaban J connectivity index is 2.28. The molecule has 0 spiro atoms. The largest absolute Gasteiger partial charge is 0.481 e. The number of pyridine rings is 1. The van der Waals surface area contributed by atoms with E-state index in [0.717, 1.165) is 6.20 Å². The Morgan fingerprint density at radius 1 is 1.37 bits per heavy atom. The Hall–Kier alpha value is -1.67. The van der Waals surface area contributed by atoms with Crippen LogP contribution in [0.2, 0.25) is 0 Å². The van der Waals surface area contributed by atoms with Crippen molar-refractivity contribution in [2.75, 3.05) is 7.11 Å². The summed E-state index contributed by atoms with van der Waals surface area (Å²) in [5, 5.41) is 8.98. The number of aromatic nitrogens is 2. The Morgan fingerprint density at radius 3 is 2.68 bits per heavy atom. The Kier molecular flexibility index (Phi) is 3.72. The number of aliphatic hydroxyl groups is 1. The van der Waals surface area contributed by atoms with Crippen molar-refractivity contribution >= 4 is 11.3 Å². The highest BCUT2D eigenvalue weighted by Gasteiger charge is 2.35. The van der Waals surface area contributed by atoms with E-state index in [4.69, 9.17) is 4.74 Å². The van der Waals surface area contributed by atoms with Gasteiger partial charge in [-0.2, -0.15) is 13.2 Å². The normalized spacial score (nSPS) is 13.3. The number of ether oxygens (including phenoxy) is 1. The number of alkyl halides is 3. The number of methoxy groups -OCH3 is 1. The Bertz CT molecular complexity index is 571. The van der Waals surface area contributed by atoms with Crippen molar-refractivity contribution in [3.05, 3.63) is 40.0 Å². The molecular formula is C11H9F3N2O2S. The van der Waals surface area contributed by atoms with Crippen LogP contribution in [0.3, 0.4) is 0 Å². The van der Waals surface area contributed by atoms with E-state index >= 15 is 0 Å². The molecule has 4 nitrogen and oxygen atoms in total. The summed E-state index contributed by atoms with van der Waals surface area (Å²) in [5.41, 5.74) is 0.205. The van der Waals surface area contributed by atoms with Gasteiger partial charge in [0, 0.05) is 12.3 Å². The molecule has 0 saturated carbocycles. The molecule has 2 rings (SSSR count). The Morgan fingerprint density at radius 2 is 2.11 bits per heavy atom. The van der Waals surface area contributed by atoms with E-state index in [1.54, 1.807) is 12.1 Å². The highest BCUT2D eigenvalue weighted by molar-refractivity contribution is 7.11. The first-order valence-electron chi connectivity index (χ1n) is 5.13. The summed E-state index contributed by atoms with van der Waals surface area (Å²) in [6.07, 6.45) is -4.77. The first-order chi connectivity index (χ1) is 8.91. The first kappa shape index (κ1) is 13.8. The molecule has 8 heteroatoms. The fourth-order valence-electron chi connectivity index (χ4n) is 1.39. The molecule has 2 aromatic rings. The van der Waals surface area contributed by atoms with Crippen LogP contribution in [0.1, 0.15) is 21.7 Å². The zero-order valence-electron chi connectivity index (χ0n) is 9.68. The van der Waals surface area contributed by atoms with Crippen LogP contribution in [0, 0.1) is 0 Å². The molecule has 0 radical (unpaired) electrons. The van der Waals surface area contributed by atoms with Crippen LogP contribution in [0.5, 0.6) is 5.88 Å². The summed E-state index contributed by atoms with van der Waals surface area (Å²) >= 11 is 0.389. The second-order valence-electron chi connectivity index (χ2n) is 3.57. The van der Waals surface area contributed by atoms with Gasteiger partial charge in [0.25, 0.3) is 0 Å². The monoisotopic (exact) mass is 290 g/mol. The molecule has 19 heavy (non-hydrogen) atoms. The number of halogens is 3. The van der Waals surface area contributed by atoms with Crippen molar-refractivity contribution in [3.8, 4) is 5.88 Å². The Labute approximate surface area is 110 Å². The van der Waals surface area contributed by atoms with Gasteiger partial charge < -0.3 is 9.84 Å². The van der Waals surface area contributed by atoms with E-state index in [2.05, 4.69) is 9.97 Å². The van der Waals surface area contributed by atoms with Crippen LogP contribution < -0.4 is 4.74 Å². The predicted octanol–water partition coefficient (Wildman–Crippen LogP) is 2.65. The van der Waals surface area contributed by atoms with Crippen LogP contribution in [0.4, 0.5) is 13.2 Å². The molecule has 0 amide bonds. The lowest BCUT2D eigenvalue weighted by molar-refractivity contribution is -0.137. The van der Waals surface area contributed by atoms with Crippen molar-refractivity contribution in [1.29, 1.82) is 0 Å². The topological polar surface area (TPSA) is 55.2 Å². The van der Waals surface area contributed by atoms with Gasteiger partial charge >= 0.3 is 6.18 Å². The predicted molar refractivity (Wildman–Crippen MR) is 62.0 cm³/mol. The minimum Gasteiger partial charge on any atom is -0.481 e. The van der Waals surface area contributed by atoms with Crippen LogP contribution in [-0.2, 0) is 6.18 Å². The maximum absolute atomic E-state index is 12.4. The molecule has 0 aliphatic heterocycles. The molecule has 1 atom stereocenters. The van der Waals surface area contributed by atoms with Crippen LogP contribution in [0.25, 0.3) is 0 Å². The van der Waals surface area contributed by atoms with Gasteiger partial charge in [0.2, 0.25) is 5.88 Å². The number of rotatable bonds is 3. The number of hydrogen-bond donors (Lipinski definition) is 1. The van der Waals surface area contributed by atoms with Crippen LogP contribution in [0.15, 0.2) is 24.4 Å². The highest BCUT2D eigenvalue weighted by Crippen LogP contribution is 2.35. The number of nitrogens with zero attached hydrogens (tertiary/aromatic N) is 2. The summed E-state index contributed by atoms with van der Waals surface area (Å²) in [5.74, 6) is 0.275. The molecule has 1 unspecified atom stereocenters. The van der Waals surface area contributed by atoms with Gasteiger partial charge in [-0.1, -0.05) is 6.07 Å². The lowest BCUT2D eigenvalue weighted by Gasteiger charge is -2.08. The maximum atomic E-state index is 12.4. The van der Waals surface area contributed by atoms with Gasteiger partial charge in [-0.25, -0.2) is 9.97 Å². The summed E-state index contributed by atoms with van der Waals surface area (Å²) < 4.78 is 42.1. The van der Waals surface area contributed by atoms with Crippen molar-refractivity contribution in [3.63, 3.8) is 0 Å². The zero-order chi connectivity index (χ0) is 14.0. The average Bonchev–Trinajstić information content (AvgIpc) is 2.87. The third-order valence-corrected chi connectivity index (χ3v) is 3.36. The number of thiazole rings is 1. The van der Waals surface area contributed by atoms with Crippen molar-refractivity contribution in [2.24, 2.45) is 0 Å². The van der Waals surface area contributed by atoms with E-state index in [1.807, 2.05) is 0 Å². The summed E-state index contributed by atoms with van der Waals surface area (Å²) in [6, 6.07) is 4.67. The van der Waals surface area contributed by atoms with E-state index in [-0.39, 0.29) is 16.5 Å². The van der Waals surface area contributed by atoms with E-state index in [0.29, 0.717) is 11.3 Å². The fourth-order valence-corrected chi connectivity index (χ4v) is 2.17. The maximum Gasteiger partial charge on any atom is 0.443 e. The summed E-state index contributed by atoms with van der Waals surface area (Å²) in [7, 11) is 1.41. The fraction of sp³-hybridized carbons (Fsp3) is 0.273. The highest BCUT2D eigenvalue weighted by atomic mass is 32.1. The summed E-state index contributed by atoms with van der Waals surface area (Å²) in [6.45, 7) is 0. The van der Waals surface area contributed by atoms with Gasteiger partial charge in [-0.05, 0) is 6.07 Å². The molecule has 2 heterocycles. The molecule has 0 bridgehead atoms. The molecule has 0 aliphatic carbocycles. The molecule has 102 valence electrons. The second-order valence-corrected chi connectivity index (χ2v) is 4.64. The van der Waals surface area contributed by atoms with Crippen molar-refractivity contribution in [1.82, 2.24) is 9.97 Å². The quantitative estimate of drug-likeness (QED) is 0.944. The van der Waals surface area contributed by atoms with Gasteiger partial charge in [-0.3, -0.25) is 0 Å². The third kappa shape index (κ3) is 3.02. The minimum atomic E-state index is -4.51. The molecule has 0 fully saturated rings. The van der Waals surface area contributed by atoms with E-state index in [9.17, 15) is 18.3 Å².